The summed E-state index contributed by atoms with van der Waals surface area (Å²) in [7, 11) is 0. The molecule has 3 N–H and O–H groups in total. The van der Waals surface area contributed by atoms with Gasteiger partial charge in [0.15, 0.2) is 0 Å². The fraction of sp³-hybridized carbons (Fsp3) is 0.600. The molecule has 2 heterocycles. The van der Waals surface area contributed by atoms with Crippen molar-refractivity contribution in [3.05, 3.63) is 29.8 Å². The van der Waals surface area contributed by atoms with E-state index in [-0.39, 0.29) is 24.1 Å². The fourth-order valence-electron chi connectivity index (χ4n) is 3.71. The Labute approximate surface area is 160 Å². The van der Waals surface area contributed by atoms with Gasteiger partial charge in [-0.3, -0.25) is 4.79 Å². The van der Waals surface area contributed by atoms with Crippen LogP contribution in [0.25, 0.3) is 0 Å². The topological polar surface area (TPSA) is 82.7 Å². The Bertz CT molecular complexity index is 638. The van der Waals surface area contributed by atoms with Gasteiger partial charge in [0.1, 0.15) is 0 Å². The van der Waals surface area contributed by atoms with E-state index in [1.54, 1.807) is 0 Å². The molecule has 7 nitrogen and oxygen atoms in total. The first-order chi connectivity index (χ1) is 13.2. The Morgan fingerprint density at radius 3 is 2.63 bits per heavy atom. The predicted molar refractivity (Wildman–Crippen MR) is 105 cm³/mol. The van der Waals surface area contributed by atoms with Crippen molar-refractivity contribution >= 4 is 17.6 Å². The number of urea groups is 1. The van der Waals surface area contributed by atoms with E-state index in [9.17, 15) is 9.59 Å². The molecule has 0 aromatic heterocycles. The first-order valence-electron chi connectivity index (χ1n) is 9.95. The monoisotopic (exact) mass is 374 g/mol. The van der Waals surface area contributed by atoms with Crippen LogP contribution in [0.4, 0.5) is 10.5 Å². The number of anilines is 1. The lowest BCUT2D eigenvalue weighted by Crippen LogP contribution is -2.48. The molecule has 0 spiro atoms. The van der Waals surface area contributed by atoms with Crippen molar-refractivity contribution in [1.29, 1.82) is 0 Å². The molecule has 2 saturated heterocycles. The molecule has 2 aliphatic heterocycles. The fourth-order valence-corrected chi connectivity index (χ4v) is 3.71. The van der Waals surface area contributed by atoms with E-state index in [0.29, 0.717) is 18.7 Å². The van der Waals surface area contributed by atoms with Gasteiger partial charge >= 0.3 is 6.03 Å². The van der Waals surface area contributed by atoms with Crippen LogP contribution in [0.1, 0.15) is 43.0 Å². The quantitative estimate of drug-likeness (QED) is 0.710. The molecule has 0 bridgehead atoms. The van der Waals surface area contributed by atoms with Gasteiger partial charge in [0.05, 0.1) is 11.7 Å². The minimum absolute atomic E-state index is 0.0522. The van der Waals surface area contributed by atoms with Gasteiger partial charge in [0.2, 0.25) is 0 Å². The van der Waals surface area contributed by atoms with Crippen LogP contribution in [0.15, 0.2) is 24.3 Å². The van der Waals surface area contributed by atoms with Gasteiger partial charge in [-0.2, -0.15) is 0 Å². The SMILES string of the molecule is CCNC(=O)NC1CCN(c2ccccc2C(=O)NC[C@@H]2CCCO2)CC1. The highest BCUT2D eigenvalue weighted by molar-refractivity contribution is 5.99. The summed E-state index contributed by atoms with van der Waals surface area (Å²) in [5.41, 5.74) is 1.66. The van der Waals surface area contributed by atoms with Gasteiger partial charge in [-0.05, 0) is 44.7 Å². The van der Waals surface area contributed by atoms with Crippen LogP contribution in [-0.4, -0.2) is 56.9 Å². The van der Waals surface area contributed by atoms with Crippen molar-refractivity contribution in [2.24, 2.45) is 0 Å². The summed E-state index contributed by atoms with van der Waals surface area (Å²) in [6.45, 7) is 5.50. The molecule has 27 heavy (non-hydrogen) atoms. The van der Waals surface area contributed by atoms with Crippen LogP contribution in [0.5, 0.6) is 0 Å². The average molecular weight is 374 g/mol. The van der Waals surface area contributed by atoms with Gasteiger partial charge < -0.3 is 25.6 Å². The lowest BCUT2D eigenvalue weighted by atomic mass is 10.0. The van der Waals surface area contributed by atoms with Gasteiger partial charge in [0, 0.05) is 44.5 Å². The van der Waals surface area contributed by atoms with E-state index in [1.165, 1.54) is 0 Å². The number of carbonyl (C=O) groups is 2. The highest BCUT2D eigenvalue weighted by atomic mass is 16.5. The summed E-state index contributed by atoms with van der Waals surface area (Å²) in [6, 6.07) is 7.80. The standard InChI is InChI=1S/C20H30N4O3/c1-2-21-20(26)23-15-9-11-24(12-10-15)18-8-4-3-7-17(18)19(25)22-14-16-6-5-13-27-16/h3-4,7-8,15-16H,2,5-6,9-14H2,1H3,(H,22,25)(H2,21,23,26)/t16-/m0/s1. The number of nitrogens with zero attached hydrogens (tertiary/aromatic N) is 1. The average Bonchev–Trinajstić information content (AvgIpc) is 3.20. The summed E-state index contributed by atoms with van der Waals surface area (Å²) in [6.07, 6.45) is 3.94. The van der Waals surface area contributed by atoms with Crippen molar-refractivity contribution in [1.82, 2.24) is 16.0 Å². The van der Waals surface area contributed by atoms with Crippen LogP contribution < -0.4 is 20.9 Å². The lowest BCUT2D eigenvalue weighted by Gasteiger charge is -2.34. The first kappa shape index (κ1) is 19.5. The minimum atomic E-state index is -0.107. The number of hydrogen-bond acceptors (Lipinski definition) is 4. The van der Waals surface area contributed by atoms with Crippen molar-refractivity contribution in [3.8, 4) is 0 Å². The number of para-hydroxylation sites is 1. The summed E-state index contributed by atoms with van der Waals surface area (Å²) in [5.74, 6) is -0.0522. The number of ether oxygens (including phenoxy) is 1. The highest BCUT2D eigenvalue weighted by Gasteiger charge is 2.24. The van der Waals surface area contributed by atoms with E-state index in [2.05, 4.69) is 20.9 Å². The number of piperidine rings is 1. The summed E-state index contributed by atoms with van der Waals surface area (Å²) >= 11 is 0. The molecular weight excluding hydrogens is 344 g/mol. The second kappa shape index (κ2) is 9.60. The Balaban J connectivity index is 1.56. The van der Waals surface area contributed by atoms with E-state index >= 15 is 0 Å². The third-order valence-electron chi connectivity index (χ3n) is 5.17. The largest absolute Gasteiger partial charge is 0.376 e. The molecule has 3 rings (SSSR count). The summed E-state index contributed by atoms with van der Waals surface area (Å²) in [4.78, 5) is 26.6. The second-order valence-electron chi connectivity index (χ2n) is 7.13. The number of amides is 3. The Kier molecular flexibility index (Phi) is 6.92. The number of rotatable bonds is 6. The van der Waals surface area contributed by atoms with E-state index in [4.69, 9.17) is 4.74 Å². The molecule has 1 aromatic rings. The maximum atomic E-state index is 12.7. The Morgan fingerprint density at radius 1 is 1.15 bits per heavy atom. The van der Waals surface area contributed by atoms with Gasteiger partial charge in [-0.15, -0.1) is 0 Å². The highest BCUT2D eigenvalue weighted by Crippen LogP contribution is 2.24. The van der Waals surface area contributed by atoms with Crippen LogP contribution in [0.3, 0.4) is 0 Å². The number of hydrogen-bond donors (Lipinski definition) is 3. The smallest absolute Gasteiger partial charge is 0.314 e. The molecule has 3 amide bonds. The van der Waals surface area contributed by atoms with Crippen molar-refractivity contribution in [2.45, 2.75) is 44.8 Å². The van der Waals surface area contributed by atoms with E-state index in [1.807, 2.05) is 31.2 Å². The zero-order chi connectivity index (χ0) is 19.1. The molecule has 148 valence electrons. The third kappa shape index (κ3) is 5.35. The maximum Gasteiger partial charge on any atom is 0.314 e. The number of carbonyl (C=O) groups excluding carboxylic acids is 2. The molecule has 2 fully saturated rings. The van der Waals surface area contributed by atoms with Crippen LogP contribution in [0, 0.1) is 0 Å². The molecule has 7 heteroatoms. The van der Waals surface area contributed by atoms with Gasteiger partial charge in [-0.1, -0.05) is 12.1 Å². The van der Waals surface area contributed by atoms with Gasteiger partial charge in [-0.25, -0.2) is 4.79 Å². The lowest BCUT2D eigenvalue weighted by molar-refractivity contribution is 0.0858. The minimum Gasteiger partial charge on any atom is -0.376 e. The molecule has 0 unspecified atom stereocenters. The van der Waals surface area contributed by atoms with E-state index in [0.717, 1.165) is 51.1 Å². The molecule has 1 atom stereocenters. The number of nitrogens with one attached hydrogen (secondary N) is 3. The Hall–Kier alpha value is -2.28. The van der Waals surface area contributed by atoms with Crippen LogP contribution >= 0.6 is 0 Å². The second-order valence-corrected chi connectivity index (χ2v) is 7.13. The Morgan fingerprint density at radius 2 is 1.93 bits per heavy atom. The third-order valence-corrected chi connectivity index (χ3v) is 5.17. The molecule has 0 saturated carbocycles. The molecular formula is C20H30N4O3. The zero-order valence-electron chi connectivity index (χ0n) is 16.0. The molecule has 0 radical (unpaired) electrons. The molecule has 2 aliphatic rings. The van der Waals surface area contributed by atoms with Crippen LogP contribution in [-0.2, 0) is 4.74 Å². The van der Waals surface area contributed by atoms with Crippen molar-refractivity contribution in [2.75, 3.05) is 37.7 Å². The number of benzene rings is 1. The molecule has 1 aromatic carbocycles. The summed E-state index contributed by atoms with van der Waals surface area (Å²) < 4.78 is 5.58. The maximum absolute atomic E-state index is 12.7. The van der Waals surface area contributed by atoms with Gasteiger partial charge in [0.25, 0.3) is 5.91 Å². The van der Waals surface area contributed by atoms with E-state index < -0.39 is 0 Å². The zero-order valence-corrected chi connectivity index (χ0v) is 16.0. The molecule has 0 aliphatic carbocycles. The first-order valence-corrected chi connectivity index (χ1v) is 9.95. The van der Waals surface area contributed by atoms with Crippen molar-refractivity contribution in [3.63, 3.8) is 0 Å². The normalized spacial score (nSPS) is 20.3. The van der Waals surface area contributed by atoms with Crippen molar-refractivity contribution < 1.29 is 14.3 Å². The summed E-state index contributed by atoms with van der Waals surface area (Å²) in [5, 5.41) is 8.79. The predicted octanol–water partition coefficient (Wildman–Crippen LogP) is 1.88. The van der Waals surface area contributed by atoms with Crippen LogP contribution in [0.2, 0.25) is 0 Å².